The van der Waals surface area contributed by atoms with E-state index in [0.717, 1.165) is 19.4 Å². The Labute approximate surface area is 85.6 Å². The molecule has 14 heavy (non-hydrogen) atoms. The van der Waals surface area contributed by atoms with E-state index < -0.39 is 0 Å². The number of nitrogens with two attached hydrogens (primary N) is 2. The van der Waals surface area contributed by atoms with Crippen LogP contribution in [-0.4, -0.2) is 36.0 Å². The largest absolute Gasteiger partial charge is 0.368 e. The molecule has 1 rings (SSSR count). The Morgan fingerprint density at radius 3 is 2.64 bits per heavy atom. The van der Waals surface area contributed by atoms with E-state index in [2.05, 4.69) is 11.8 Å². The Bertz CT molecular complexity index is 208. The third-order valence-electron chi connectivity index (χ3n) is 3.16. The van der Waals surface area contributed by atoms with Gasteiger partial charge in [-0.2, -0.15) is 0 Å². The predicted octanol–water partition coefficient (Wildman–Crippen LogP) is -0.0806. The number of likely N-dealkylation sites (tertiary alicyclic amines) is 1. The normalized spacial score (nSPS) is 30.5. The molecular weight excluding hydrogens is 178 g/mol. The van der Waals surface area contributed by atoms with E-state index in [0.29, 0.717) is 18.5 Å². The Kier molecular flexibility index (Phi) is 3.89. The van der Waals surface area contributed by atoms with Crippen LogP contribution in [0, 0.1) is 5.92 Å². The van der Waals surface area contributed by atoms with E-state index >= 15 is 0 Å². The summed E-state index contributed by atoms with van der Waals surface area (Å²) in [5.41, 5.74) is 11.0. The van der Waals surface area contributed by atoms with Crippen molar-refractivity contribution in [2.24, 2.45) is 17.4 Å². The molecule has 1 aliphatic rings. The molecule has 0 radical (unpaired) electrons. The fourth-order valence-corrected chi connectivity index (χ4v) is 2.37. The molecule has 1 heterocycles. The summed E-state index contributed by atoms with van der Waals surface area (Å²) in [6.45, 7) is 5.76. The molecule has 1 amide bonds. The number of hydrogen-bond acceptors (Lipinski definition) is 3. The third-order valence-corrected chi connectivity index (χ3v) is 3.16. The molecule has 0 aromatic carbocycles. The van der Waals surface area contributed by atoms with Crippen LogP contribution in [-0.2, 0) is 4.79 Å². The lowest BCUT2D eigenvalue weighted by Crippen LogP contribution is -2.46. The molecule has 4 nitrogen and oxygen atoms in total. The molecule has 0 saturated carbocycles. The summed E-state index contributed by atoms with van der Waals surface area (Å²) in [6, 6.07) is 0.322. The van der Waals surface area contributed by atoms with Crippen LogP contribution in [0.2, 0.25) is 0 Å². The molecule has 0 bridgehead atoms. The second kappa shape index (κ2) is 4.75. The Morgan fingerprint density at radius 1 is 1.64 bits per heavy atom. The molecule has 4 heteroatoms. The number of primary amides is 1. The highest BCUT2D eigenvalue weighted by atomic mass is 16.1. The quantitative estimate of drug-likeness (QED) is 0.665. The van der Waals surface area contributed by atoms with Crippen LogP contribution in [0.3, 0.4) is 0 Å². The van der Waals surface area contributed by atoms with Crippen LogP contribution in [0.25, 0.3) is 0 Å². The van der Waals surface area contributed by atoms with Gasteiger partial charge in [-0.3, -0.25) is 9.69 Å². The number of carbonyl (C=O) groups is 1. The van der Waals surface area contributed by atoms with Crippen molar-refractivity contribution < 1.29 is 4.79 Å². The van der Waals surface area contributed by atoms with Gasteiger partial charge < -0.3 is 11.5 Å². The van der Waals surface area contributed by atoms with Crippen molar-refractivity contribution >= 4 is 5.91 Å². The third kappa shape index (κ3) is 2.25. The van der Waals surface area contributed by atoms with E-state index in [4.69, 9.17) is 11.5 Å². The van der Waals surface area contributed by atoms with Crippen molar-refractivity contribution in [1.82, 2.24) is 4.90 Å². The highest BCUT2D eigenvalue weighted by Crippen LogP contribution is 2.25. The SMILES string of the molecule is CCC(C(N)=O)N1CC(CN)CC1C. The van der Waals surface area contributed by atoms with E-state index in [1.165, 1.54) is 0 Å². The van der Waals surface area contributed by atoms with E-state index in [9.17, 15) is 4.79 Å². The van der Waals surface area contributed by atoms with Gasteiger partial charge in [0.05, 0.1) is 6.04 Å². The summed E-state index contributed by atoms with van der Waals surface area (Å²) in [6.07, 6.45) is 1.87. The maximum absolute atomic E-state index is 11.2. The second-order valence-electron chi connectivity index (χ2n) is 4.21. The van der Waals surface area contributed by atoms with Gasteiger partial charge in [0, 0.05) is 12.6 Å². The highest BCUT2D eigenvalue weighted by molar-refractivity contribution is 5.79. The van der Waals surface area contributed by atoms with Crippen molar-refractivity contribution in [2.75, 3.05) is 13.1 Å². The van der Waals surface area contributed by atoms with E-state index in [1.54, 1.807) is 0 Å². The van der Waals surface area contributed by atoms with Gasteiger partial charge in [0.25, 0.3) is 0 Å². The van der Waals surface area contributed by atoms with Crippen LogP contribution in [0.4, 0.5) is 0 Å². The van der Waals surface area contributed by atoms with Crippen LogP contribution in [0.15, 0.2) is 0 Å². The Balaban J connectivity index is 2.63. The minimum atomic E-state index is -0.211. The lowest BCUT2D eigenvalue weighted by molar-refractivity contribution is -0.123. The van der Waals surface area contributed by atoms with Gasteiger partial charge in [-0.05, 0) is 32.2 Å². The van der Waals surface area contributed by atoms with Gasteiger partial charge in [0.2, 0.25) is 5.91 Å². The first-order valence-corrected chi connectivity index (χ1v) is 5.35. The Hall–Kier alpha value is -0.610. The molecule has 1 aliphatic heterocycles. The van der Waals surface area contributed by atoms with Crippen LogP contribution in [0.1, 0.15) is 26.7 Å². The summed E-state index contributed by atoms with van der Waals surface area (Å²) in [7, 11) is 0. The molecule has 3 unspecified atom stereocenters. The molecule has 0 aromatic rings. The maximum atomic E-state index is 11.2. The minimum Gasteiger partial charge on any atom is -0.368 e. The standard InChI is InChI=1S/C10H21N3O/c1-3-9(10(12)14)13-6-8(5-11)4-7(13)2/h7-9H,3-6,11H2,1-2H3,(H2,12,14). The average Bonchev–Trinajstić information content (AvgIpc) is 2.48. The van der Waals surface area contributed by atoms with Gasteiger partial charge in [0.1, 0.15) is 0 Å². The molecule has 1 fully saturated rings. The highest BCUT2D eigenvalue weighted by Gasteiger charge is 2.34. The maximum Gasteiger partial charge on any atom is 0.234 e. The molecule has 0 aromatic heterocycles. The summed E-state index contributed by atoms with van der Waals surface area (Å²) in [5.74, 6) is 0.315. The van der Waals surface area contributed by atoms with Crippen molar-refractivity contribution in [3.05, 3.63) is 0 Å². The van der Waals surface area contributed by atoms with Crippen LogP contribution < -0.4 is 11.5 Å². The van der Waals surface area contributed by atoms with Crippen molar-refractivity contribution in [1.29, 1.82) is 0 Å². The van der Waals surface area contributed by atoms with Gasteiger partial charge in [-0.1, -0.05) is 6.92 Å². The number of hydrogen-bond donors (Lipinski definition) is 2. The monoisotopic (exact) mass is 199 g/mol. The minimum absolute atomic E-state index is 0.110. The number of nitrogens with zero attached hydrogens (tertiary/aromatic N) is 1. The first-order valence-electron chi connectivity index (χ1n) is 5.35. The Morgan fingerprint density at radius 2 is 2.29 bits per heavy atom. The number of rotatable bonds is 4. The number of amides is 1. The lowest BCUT2D eigenvalue weighted by atomic mass is 10.1. The predicted molar refractivity (Wildman–Crippen MR) is 56.6 cm³/mol. The van der Waals surface area contributed by atoms with E-state index in [-0.39, 0.29) is 11.9 Å². The fourth-order valence-electron chi connectivity index (χ4n) is 2.37. The molecule has 1 saturated heterocycles. The lowest BCUT2D eigenvalue weighted by Gasteiger charge is -2.28. The van der Waals surface area contributed by atoms with Crippen LogP contribution in [0.5, 0.6) is 0 Å². The molecule has 3 atom stereocenters. The van der Waals surface area contributed by atoms with Gasteiger partial charge in [-0.25, -0.2) is 0 Å². The smallest absolute Gasteiger partial charge is 0.234 e. The van der Waals surface area contributed by atoms with Gasteiger partial charge in [-0.15, -0.1) is 0 Å². The summed E-state index contributed by atoms with van der Waals surface area (Å²) in [4.78, 5) is 13.4. The molecule has 0 spiro atoms. The molecule has 82 valence electrons. The first-order chi connectivity index (χ1) is 6.60. The van der Waals surface area contributed by atoms with Crippen molar-refractivity contribution in [2.45, 2.75) is 38.8 Å². The molecule has 0 aliphatic carbocycles. The first kappa shape index (κ1) is 11.5. The fraction of sp³-hybridized carbons (Fsp3) is 0.900. The van der Waals surface area contributed by atoms with E-state index in [1.807, 2.05) is 6.92 Å². The van der Waals surface area contributed by atoms with Crippen molar-refractivity contribution in [3.63, 3.8) is 0 Å². The topological polar surface area (TPSA) is 72.4 Å². The molecule has 4 N–H and O–H groups in total. The number of carbonyl (C=O) groups excluding carboxylic acids is 1. The zero-order valence-electron chi connectivity index (χ0n) is 9.07. The average molecular weight is 199 g/mol. The second-order valence-corrected chi connectivity index (χ2v) is 4.21. The zero-order valence-corrected chi connectivity index (χ0v) is 9.07. The molecular formula is C10H21N3O. The zero-order chi connectivity index (χ0) is 10.7. The summed E-state index contributed by atoms with van der Waals surface area (Å²) >= 11 is 0. The van der Waals surface area contributed by atoms with Gasteiger partial charge in [0.15, 0.2) is 0 Å². The summed E-state index contributed by atoms with van der Waals surface area (Å²) < 4.78 is 0. The van der Waals surface area contributed by atoms with Crippen molar-refractivity contribution in [3.8, 4) is 0 Å². The summed E-state index contributed by atoms with van der Waals surface area (Å²) in [5, 5.41) is 0. The van der Waals surface area contributed by atoms with Crippen LogP contribution >= 0.6 is 0 Å². The van der Waals surface area contributed by atoms with Gasteiger partial charge >= 0.3 is 0 Å².